The minimum Gasteiger partial charge on any atom is -0.323 e. The van der Waals surface area contributed by atoms with Gasteiger partial charge in [0.25, 0.3) is 0 Å². The van der Waals surface area contributed by atoms with Crippen molar-refractivity contribution in [3.8, 4) is 6.07 Å². The number of pyridine rings is 1. The average Bonchev–Trinajstić information content (AvgIpc) is 2.48. The second-order valence-corrected chi connectivity index (χ2v) is 4.75. The number of amides is 1. The molecule has 0 spiro atoms. The van der Waals surface area contributed by atoms with Gasteiger partial charge in [-0.2, -0.15) is 5.26 Å². The molecule has 4 nitrogen and oxygen atoms in total. The number of nitrogens with zero attached hydrogens (tertiary/aromatic N) is 2. The van der Waals surface area contributed by atoms with Gasteiger partial charge in [-0.3, -0.25) is 4.79 Å². The van der Waals surface area contributed by atoms with E-state index in [2.05, 4.69) is 10.3 Å². The first-order chi connectivity index (χ1) is 9.70. The van der Waals surface area contributed by atoms with Gasteiger partial charge in [0, 0.05) is 6.20 Å². The van der Waals surface area contributed by atoms with Crippen LogP contribution in [0.1, 0.15) is 5.56 Å². The topological polar surface area (TPSA) is 65.8 Å². The monoisotopic (exact) mass is 287 g/mol. The van der Waals surface area contributed by atoms with Crippen molar-refractivity contribution in [2.24, 2.45) is 0 Å². The molecule has 0 atom stereocenters. The van der Waals surface area contributed by atoms with Gasteiger partial charge in [0.2, 0.25) is 5.91 Å². The van der Waals surface area contributed by atoms with Gasteiger partial charge in [-0.1, -0.05) is 23.9 Å². The lowest BCUT2D eigenvalue weighted by Gasteiger charge is -2.06. The molecular weight excluding hydrogens is 277 g/mol. The second kappa shape index (κ2) is 6.68. The number of hydrogen-bond acceptors (Lipinski definition) is 4. The fourth-order valence-electron chi connectivity index (χ4n) is 1.47. The molecule has 0 aliphatic rings. The molecule has 1 amide bonds. The first-order valence-electron chi connectivity index (χ1n) is 5.73. The molecule has 0 aliphatic carbocycles. The normalized spacial score (nSPS) is 9.80. The van der Waals surface area contributed by atoms with Crippen LogP contribution in [0.5, 0.6) is 0 Å². The van der Waals surface area contributed by atoms with Crippen molar-refractivity contribution in [2.75, 3.05) is 11.1 Å². The summed E-state index contributed by atoms with van der Waals surface area (Å²) in [5, 5.41) is 11.9. The molecule has 0 radical (unpaired) electrons. The highest BCUT2D eigenvalue weighted by Gasteiger charge is 2.09. The summed E-state index contributed by atoms with van der Waals surface area (Å²) in [6.07, 6.45) is 1.55. The molecule has 2 aromatic rings. The predicted octanol–water partition coefficient (Wildman–Crippen LogP) is 2.82. The lowest BCUT2D eigenvalue weighted by Crippen LogP contribution is -2.15. The van der Waals surface area contributed by atoms with Gasteiger partial charge in [-0.15, -0.1) is 0 Å². The minimum absolute atomic E-state index is 0.0556. The molecule has 6 heteroatoms. The molecule has 0 saturated carbocycles. The SMILES string of the molecule is N#Cc1cccnc1SCC(=O)Nc1ccccc1F. The lowest BCUT2D eigenvalue weighted by atomic mass is 10.3. The third-order valence-corrected chi connectivity index (χ3v) is 3.38. The zero-order valence-electron chi connectivity index (χ0n) is 10.3. The minimum atomic E-state index is -0.485. The zero-order valence-corrected chi connectivity index (χ0v) is 11.2. The Kier molecular flexibility index (Phi) is 4.69. The maximum atomic E-state index is 13.4. The van der Waals surface area contributed by atoms with Crippen LogP contribution in [-0.2, 0) is 4.79 Å². The summed E-state index contributed by atoms with van der Waals surface area (Å²) in [5.74, 6) is -0.781. The number of benzene rings is 1. The van der Waals surface area contributed by atoms with Gasteiger partial charge in [0.05, 0.1) is 17.0 Å². The molecule has 100 valence electrons. The van der Waals surface area contributed by atoms with E-state index in [9.17, 15) is 9.18 Å². The predicted molar refractivity (Wildman–Crippen MR) is 74.7 cm³/mol. The average molecular weight is 287 g/mol. The van der Waals surface area contributed by atoms with Gasteiger partial charge < -0.3 is 5.32 Å². The van der Waals surface area contributed by atoms with Gasteiger partial charge in [-0.25, -0.2) is 9.37 Å². The Morgan fingerprint density at radius 1 is 1.35 bits per heavy atom. The molecule has 0 bridgehead atoms. The maximum Gasteiger partial charge on any atom is 0.234 e. The summed E-state index contributed by atoms with van der Waals surface area (Å²) in [4.78, 5) is 15.8. The summed E-state index contributed by atoms with van der Waals surface area (Å²) < 4.78 is 13.4. The Morgan fingerprint density at radius 3 is 2.90 bits per heavy atom. The van der Waals surface area contributed by atoms with E-state index in [1.54, 1.807) is 30.5 Å². The largest absolute Gasteiger partial charge is 0.323 e. The van der Waals surface area contributed by atoms with Crippen LogP contribution < -0.4 is 5.32 Å². The third kappa shape index (κ3) is 3.56. The Bertz CT molecular complexity index is 669. The molecule has 1 N–H and O–H groups in total. The van der Waals surface area contributed by atoms with Crippen LogP contribution in [0.25, 0.3) is 0 Å². The van der Waals surface area contributed by atoms with Crippen molar-refractivity contribution in [2.45, 2.75) is 5.03 Å². The van der Waals surface area contributed by atoms with E-state index in [0.717, 1.165) is 11.8 Å². The first kappa shape index (κ1) is 14.0. The lowest BCUT2D eigenvalue weighted by molar-refractivity contribution is -0.113. The molecular formula is C14H10FN3OS. The van der Waals surface area contributed by atoms with Crippen LogP contribution in [0.3, 0.4) is 0 Å². The molecule has 0 aliphatic heterocycles. The number of thioether (sulfide) groups is 1. The highest BCUT2D eigenvalue weighted by Crippen LogP contribution is 2.20. The van der Waals surface area contributed by atoms with E-state index >= 15 is 0 Å². The quantitative estimate of drug-likeness (QED) is 0.878. The van der Waals surface area contributed by atoms with Crippen molar-refractivity contribution >= 4 is 23.4 Å². The Balaban J connectivity index is 1.96. The number of halogens is 1. The van der Waals surface area contributed by atoms with Gasteiger partial charge >= 0.3 is 0 Å². The molecule has 20 heavy (non-hydrogen) atoms. The van der Waals surface area contributed by atoms with E-state index in [-0.39, 0.29) is 17.3 Å². The van der Waals surface area contributed by atoms with Crippen LogP contribution in [-0.4, -0.2) is 16.6 Å². The van der Waals surface area contributed by atoms with E-state index in [1.807, 2.05) is 6.07 Å². The number of anilines is 1. The van der Waals surface area contributed by atoms with Crippen LogP contribution in [0, 0.1) is 17.1 Å². The fourth-order valence-corrected chi connectivity index (χ4v) is 2.22. The molecule has 1 heterocycles. The highest BCUT2D eigenvalue weighted by atomic mass is 32.2. The van der Waals surface area contributed by atoms with E-state index < -0.39 is 5.82 Å². The van der Waals surface area contributed by atoms with E-state index in [0.29, 0.717) is 10.6 Å². The molecule has 1 aromatic heterocycles. The number of nitrogens with one attached hydrogen (secondary N) is 1. The Hall–Kier alpha value is -2.39. The number of hydrogen-bond donors (Lipinski definition) is 1. The van der Waals surface area contributed by atoms with Crippen molar-refractivity contribution in [3.63, 3.8) is 0 Å². The summed E-state index contributed by atoms with van der Waals surface area (Å²) >= 11 is 1.14. The van der Waals surface area contributed by atoms with Crippen LogP contribution in [0.4, 0.5) is 10.1 Å². The maximum absolute atomic E-state index is 13.4. The molecule has 0 saturated heterocycles. The third-order valence-electron chi connectivity index (χ3n) is 2.38. The van der Waals surface area contributed by atoms with Crippen molar-refractivity contribution in [3.05, 3.63) is 54.0 Å². The van der Waals surface area contributed by atoms with Crippen molar-refractivity contribution in [1.82, 2.24) is 4.98 Å². The molecule has 0 fully saturated rings. The summed E-state index contributed by atoms with van der Waals surface area (Å²) in [5.41, 5.74) is 0.552. The molecule has 2 rings (SSSR count). The number of aromatic nitrogens is 1. The van der Waals surface area contributed by atoms with Gasteiger partial charge in [-0.05, 0) is 24.3 Å². The van der Waals surface area contributed by atoms with E-state index in [1.165, 1.54) is 12.1 Å². The van der Waals surface area contributed by atoms with Crippen LogP contribution in [0.15, 0.2) is 47.6 Å². The number of carbonyl (C=O) groups excluding carboxylic acids is 1. The number of para-hydroxylation sites is 1. The first-order valence-corrected chi connectivity index (χ1v) is 6.71. The number of nitriles is 1. The summed E-state index contributed by atoms with van der Waals surface area (Å²) in [6.45, 7) is 0. The highest BCUT2D eigenvalue weighted by molar-refractivity contribution is 8.00. The number of carbonyl (C=O) groups is 1. The van der Waals surface area contributed by atoms with E-state index in [4.69, 9.17) is 5.26 Å². The van der Waals surface area contributed by atoms with Crippen molar-refractivity contribution < 1.29 is 9.18 Å². The van der Waals surface area contributed by atoms with Gasteiger partial charge in [0.15, 0.2) is 0 Å². The van der Waals surface area contributed by atoms with Crippen LogP contribution >= 0.6 is 11.8 Å². The second-order valence-electron chi connectivity index (χ2n) is 3.78. The van der Waals surface area contributed by atoms with Crippen LogP contribution in [0.2, 0.25) is 0 Å². The molecule has 1 aromatic carbocycles. The fraction of sp³-hybridized carbons (Fsp3) is 0.0714. The summed E-state index contributed by atoms with van der Waals surface area (Å²) in [6, 6.07) is 11.2. The summed E-state index contributed by atoms with van der Waals surface area (Å²) in [7, 11) is 0. The molecule has 0 unspecified atom stereocenters. The zero-order chi connectivity index (χ0) is 14.4. The Morgan fingerprint density at radius 2 is 2.15 bits per heavy atom. The Labute approximate surface area is 119 Å². The number of rotatable bonds is 4. The standard InChI is InChI=1S/C14H10FN3OS/c15-11-5-1-2-6-12(11)18-13(19)9-20-14-10(8-16)4-3-7-17-14/h1-7H,9H2,(H,18,19). The smallest absolute Gasteiger partial charge is 0.234 e. The van der Waals surface area contributed by atoms with Gasteiger partial charge in [0.1, 0.15) is 16.9 Å². The van der Waals surface area contributed by atoms with Crippen molar-refractivity contribution in [1.29, 1.82) is 5.26 Å².